The maximum absolute atomic E-state index is 12.1. The minimum Gasteiger partial charge on any atom is -0.384 e. The van der Waals surface area contributed by atoms with Gasteiger partial charge in [-0.3, -0.25) is 0 Å². The molecule has 120 valence electrons. The standard InChI is InChI=1S/C15H27N3O2S/c1-5-17-21(19,20)15-10-7-6-9-14(15)16-11-8-12-18(4)13(2)3/h6-7,9-10,13,16-17H,5,8,11-12H2,1-4H3. The second-order valence-corrected chi connectivity index (χ2v) is 7.09. The fourth-order valence-electron chi connectivity index (χ4n) is 1.92. The van der Waals surface area contributed by atoms with E-state index in [1.54, 1.807) is 25.1 Å². The Morgan fingerprint density at radius 3 is 2.52 bits per heavy atom. The molecule has 0 atom stereocenters. The summed E-state index contributed by atoms with van der Waals surface area (Å²) in [5.41, 5.74) is 0.658. The maximum atomic E-state index is 12.1. The number of sulfonamides is 1. The van der Waals surface area contributed by atoms with E-state index in [0.717, 1.165) is 19.5 Å². The highest BCUT2D eigenvalue weighted by atomic mass is 32.2. The van der Waals surface area contributed by atoms with Gasteiger partial charge in [0.1, 0.15) is 4.90 Å². The number of anilines is 1. The van der Waals surface area contributed by atoms with Crippen LogP contribution in [-0.2, 0) is 10.0 Å². The molecule has 0 aliphatic heterocycles. The van der Waals surface area contributed by atoms with E-state index in [2.05, 4.69) is 35.8 Å². The van der Waals surface area contributed by atoms with Gasteiger partial charge in [0.25, 0.3) is 0 Å². The molecule has 0 aliphatic carbocycles. The number of hydrogen-bond acceptors (Lipinski definition) is 4. The van der Waals surface area contributed by atoms with Crippen molar-refractivity contribution in [3.05, 3.63) is 24.3 Å². The number of rotatable bonds is 9. The smallest absolute Gasteiger partial charge is 0.242 e. The van der Waals surface area contributed by atoms with Crippen LogP contribution in [0, 0.1) is 0 Å². The van der Waals surface area contributed by atoms with Gasteiger partial charge < -0.3 is 10.2 Å². The average molecular weight is 313 g/mol. The van der Waals surface area contributed by atoms with Gasteiger partial charge in [0, 0.05) is 19.1 Å². The number of nitrogens with zero attached hydrogens (tertiary/aromatic N) is 1. The van der Waals surface area contributed by atoms with Crippen molar-refractivity contribution in [3.8, 4) is 0 Å². The molecule has 0 aromatic heterocycles. The largest absolute Gasteiger partial charge is 0.384 e. The summed E-state index contributed by atoms with van der Waals surface area (Å²) < 4.78 is 26.8. The number of benzene rings is 1. The Morgan fingerprint density at radius 2 is 1.90 bits per heavy atom. The highest BCUT2D eigenvalue weighted by Crippen LogP contribution is 2.20. The lowest BCUT2D eigenvalue weighted by atomic mass is 10.3. The molecule has 1 aromatic rings. The molecule has 0 aliphatic rings. The third kappa shape index (κ3) is 5.65. The van der Waals surface area contributed by atoms with Crippen LogP contribution in [0.1, 0.15) is 27.2 Å². The summed E-state index contributed by atoms with van der Waals surface area (Å²) in [7, 11) is -1.34. The van der Waals surface area contributed by atoms with E-state index in [9.17, 15) is 8.42 Å². The molecular formula is C15H27N3O2S. The lowest BCUT2D eigenvalue weighted by molar-refractivity contribution is 0.273. The normalized spacial score (nSPS) is 12.1. The van der Waals surface area contributed by atoms with Gasteiger partial charge in [-0.05, 0) is 46.0 Å². The molecule has 0 radical (unpaired) electrons. The zero-order valence-corrected chi connectivity index (χ0v) is 14.2. The first kappa shape index (κ1) is 17.9. The molecule has 2 N–H and O–H groups in total. The predicted molar refractivity (Wildman–Crippen MR) is 88.2 cm³/mol. The minimum absolute atomic E-state index is 0.309. The molecule has 0 spiro atoms. The van der Waals surface area contributed by atoms with Gasteiger partial charge in [-0.1, -0.05) is 19.1 Å². The Labute approximate surface area is 128 Å². The molecule has 0 saturated carbocycles. The summed E-state index contributed by atoms with van der Waals surface area (Å²) in [6.45, 7) is 8.20. The van der Waals surface area contributed by atoms with Crippen LogP contribution in [0.4, 0.5) is 5.69 Å². The van der Waals surface area contributed by atoms with Gasteiger partial charge in [0.2, 0.25) is 10.0 Å². The Hall–Kier alpha value is -1.11. The SMILES string of the molecule is CCNS(=O)(=O)c1ccccc1NCCCN(C)C(C)C. The van der Waals surface area contributed by atoms with E-state index in [1.165, 1.54) is 0 Å². The van der Waals surface area contributed by atoms with Gasteiger partial charge in [-0.15, -0.1) is 0 Å². The van der Waals surface area contributed by atoms with Crippen LogP contribution in [0.15, 0.2) is 29.2 Å². The number of nitrogens with one attached hydrogen (secondary N) is 2. The second-order valence-electron chi connectivity index (χ2n) is 5.35. The summed E-state index contributed by atoms with van der Waals surface area (Å²) >= 11 is 0. The van der Waals surface area contributed by atoms with E-state index in [0.29, 0.717) is 23.2 Å². The highest BCUT2D eigenvalue weighted by molar-refractivity contribution is 7.89. The lowest BCUT2D eigenvalue weighted by Crippen LogP contribution is -2.28. The van der Waals surface area contributed by atoms with Gasteiger partial charge >= 0.3 is 0 Å². The second kappa shape index (κ2) is 8.36. The van der Waals surface area contributed by atoms with Crippen molar-refractivity contribution in [2.75, 3.05) is 32.0 Å². The fraction of sp³-hybridized carbons (Fsp3) is 0.600. The molecule has 0 saturated heterocycles. The van der Waals surface area contributed by atoms with Crippen molar-refractivity contribution in [1.29, 1.82) is 0 Å². The van der Waals surface area contributed by atoms with Crippen LogP contribution in [0.25, 0.3) is 0 Å². The topological polar surface area (TPSA) is 61.4 Å². The van der Waals surface area contributed by atoms with E-state index in [1.807, 2.05) is 6.07 Å². The molecule has 5 nitrogen and oxygen atoms in total. The summed E-state index contributed by atoms with van der Waals surface area (Å²) in [6.07, 6.45) is 0.963. The van der Waals surface area contributed by atoms with Crippen LogP contribution in [-0.4, -0.2) is 46.0 Å². The maximum Gasteiger partial charge on any atom is 0.242 e. The molecule has 0 bridgehead atoms. The quantitative estimate of drug-likeness (QED) is 0.686. The first-order chi connectivity index (χ1) is 9.88. The third-order valence-electron chi connectivity index (χ3n) is 3.40. The number of hydrogen-bond donors (Lipinski definition) is 2. The van der Waals surface area contributed by atoms with E-state index in [-0.39, 0.29) is 0 Å². The van der Waals surface area contributed by atoms with Crippen molar-refractivity contribution in [2.24, 2.45) is 0 Å². The molecule has 0 fully saturated rings. The Balaban J connectivity index is 2.64. The first-order valence-electron chi connectivity index (χ1n) is 7.41. The Bertz CT molecular complexity index is 529. The van der Waals surface area contributed by atoms with Crippen LogP contribution in [0.5, 0.6) is 0 Å². The van der Waals surface area contributed by atoms with Crippen LogP contribution in [0.3, 0.4) is 0 Å². The predicted octanol–water partition coefficient (Wildman–Crippen LogP) is 2.13. The highest BCUT2D eigenvalue weighted by Gasteiger charge is 2.16. The lowest BCUT2D eigenvalue weighted by Gasteiger charge is -2.21. The minimum atomic E-state index is -3.43. The summed E-state index contributed by atoms with van der Waals surface area (Å²) in [5.74, 6) is 0. The molecule has 0 heterocycles. The molecule has 1 aromatic carbocycles. The summed E-state index contributed by atoms with van der Waals surface area (Å²) in [6, 6.07) is 7.53. The first-order valence-corrected chi connectivity index (χ1v) is 8.89. The van der Waals surface area contributed by atoms with Crippen LogP contribution >= 0.6 is 0 Å². The van der Waals surface area contributed by atoms with E-state index >= 15 is 0 Å². The monoisotopic (exact) mass is 313 g/mol. The van der Waals surface area contributed by atoms with Gasteiger partial charge in [-0.25, -0.2) is 13.1 Å². The molecule has 21 heavy (non-hydrogen) atoms. The molecule has 6 heteroatoms. The van der Waals surface area contributed by atoms with Crippen molar-refractivity contribution in [2.45, 2.75) is 38.1 Å². The zero-order valence-electron chi connectivity index (χ0n) is 13.4. The fourth-order valence-corrected chi connectivity index (χ4v) is 3.15. The van der Waals surface area contributed by atoms with E-state index < -0.39 is 10.0 Å². The average Bonchev–Trinajstić information content (AvgIpc) is 2.43. The molecule has 0 unspecified atom stereocenters. The zero-order chi connectivity index (χ0) is 15.9. The summed E-state index contributed by atoms with van der Waals surface area (Å²) in [5, 5.41) is 3.23. The Morgan fingerprint density at radius 1 is 1.24 bits per heavy atom. The third-order valence-corrected chi connectivity index (χ3v) is 5.00. The molecular weight excluding hydrogens is 286 g/mol. The van der Waals surface area contributed by atoms with Crippen molar-refractivity contribution >= 4 is 15.7 Å². The van der Waals surface area contributed by atoms with Gasteiger partial charge in [-0.2, -0.15) is 0 Å². The van der Waals surface area contributed by atoms with Gasteiger partial charge in [0.05, 0.1) is 5.69 Å². The molecule has 1 rings (SSSR count). The van der Waals surface area contributed by atoms with Crippen molar-refractivity contribution in [3.63, 3.8) is 0 Å². The van der Waals surface area contributed by atoms with Crippen molar-refractivity contribution < 1.29 is 8.42 Å². The van der Waals surface area contributed by atoms with Crippen LogP contribution < -0.4 is 10.0 Å². The summed E-state index contributed by atoms with van der Waals surface area (Å²) in [4.78, 5) is 2.58. The molecule has 0 amide bonds. The van der Waals surface area contributed by atoms with Crippen molar-refractivity contribution in [1.82, 2.24) is 9.62 Å². The Kier molecular flexibility index (Phi) is 7.14. The van der Waals surface area contributed by atoms with Crippen LogP contribution in [0.2, 0.25) is 0 Å². The van der Waals surface area contributed by atoms with Gasteiger partial charge in [0.15, 0.2) is 0 Å². The van der Waals surface area contributed by atoms with E-state index in [4.69, 9.17) is 0 Å². The number of para-hydroxylation sites is 1.